The summed E-state index contributed by atoms with van der Waals surface area (Å²) in [6.45, 7) is 8.14. The molecule has 0 bridgehead atoms. The van der Waals surface area contributed by atoms with Crippen molar-refractivity contribution in [1.29, 1.82) is 0 Å². The normalized spacial score (nSPS) is 14.8. The fourth-order valence-corrected chi connectivity index (χ4v) is 3.96. The number of urea groups is 1. The molecule has 31 heavy (non-hydrogen) atoms. The van der Waals surface area contributed by atoms with Crippen molar-refractivity contribution in [3.8, 4) is 11.3 Å². The van der Waals surface area contributed by atoms with Crippen LogP contribution in [0.5, 0.6) is 0 Å². The lowest BCUT2D eigenvalue weighted by Gasteiger charge is -2.22. The topological polar surface area (TPSA) is 97.4 Å². The maximum Gasteiger partial charge on any atom is 0.314 e. The van der Waals surface area contributed by atoms with E-state index in [9.17, 15) is 9.59 Å². The second-order valence-corrected chi connectivity index (χ2v) is 8.31. The van der Waals surface area contributed by atoms with E-state index in [2.05, 4.69) is 5.10 Å². The van der Waals surface area contributed by atoms with Crippen molar-refractivity contribution >= 4 is 23.0 Å². The zero-order valence-corrected chi connectivity index (χ0v) is 18.2. The molecular weight excluding hydrogens is 392 g/mol. The molecule has 1 aliphatic heterocycles. The van der Waals surface area contributed by atoms with Gasteiger partial charge in [0.05, 0.1) is 22.8 Å². The number of hydrogen-bond donors (Lipinski definition) is 1. The Labute approximate surface area is 181 Å². The monoisotopic (exact) mass is 420 g/mol. The van der Waals surface area contributed by atoms with Crippen LogP contribution >= 0.6 is 0 Å². The standard InChI is InChI=1S/C23H28N6O2/c1-15(2)29-21-19(14-25-29)18(13-20(26-21)17-7-5-16(3)6-8-17)22(30)27-9-4-10-28(12-11-27)23(24)31/h5-8,13-15H,4,9-12H2,1-3H3,(H2,24,31). The molecule has 0 atom stereocenters. The first-order chi connectivity index (χ1) is 14.8. The second kappa shape index (κ2) is 8.37. The summed E-state index contributed by atoms with van der Waals surface area (Å²) in [6.07, 6.45) is 2.42. The van der Waals surface area contributed by atoms with Crippen LogP contribution in [0.2, 0.25) is 0 Å². The number of aromatic nitrogens is 3. The van der Waals surface area contributed by atoms with Gasteiger partial charge in [0.15, 0.2) is 5.65 Å². The molecule has 8 heteroatoms. The van der Waals surface area contributed by atoms with E-state index in [-0.39, 0.29) is 11.9 Å². The Bertz CT molecular complexity index is 1120. The number of aryl methyl sites for hydroxylation is 1. The van der Waals surface area contributed by atoms with Gasteiger partial charge in [-0.1, -0.05) is 29.8 Å². The van der Waals surface area contributed by atoms with Crippen LogP contribution < -0.4 is 5.73 Å². The highest BCUT2D eigenvalue weighted by Gasteiger charge is 2.25. The minimum absolute atomic E-state index is 0.0737. The zero-order valence-electron chi connectivity index (χ0n) is 18.2. The number of carbonyl (C=O) groups is 2. The molecule has 3 heterocycles. The van der Waals surface area contributed by atoms with Gasteiger partial charge in [-0.15, -0.1) is 0 Å². The highest BCUT2D eigenvalue weighted by atomic mass is 16.2. The Hall–Kier alpha value is -3.42. The number of amides is 3. The molecular formula is C23H28N6O2. The van der Waals surface area contributed by atoms with E-state index in [0.717, 1.165) is 22.2 Å². The third kappa shape index (κ3) is 4.10. The van der Waals surface area contributed by atoms with Crippen molar-refractivity contribution in [2.75, 3.05) is 26.2 Å². The highest BCUT2D eigenvalue weighted by Crippen LogP contribution is 2.28. The molecule has 3 aromatic rings. The molecule has 1 saturated heterocycles. The average Bonchev–Trinajstić information content (AvgIpc) is 3.02. The molecule has 2 N–H and O–H groups in total. The molecule has 2 aromatic heterocycles. The van der Waals surface area contributed by atoms with Crippen molar-refractivity contribution in [2.24, 2.45) is 5.73 Å². The second-order valence-electron chi connectivity index (χ2n) is 8.31. The average molecular weight is 421 g/mol. The molecule has 0 aliphatic carbocycles. The predicted octanol–water partition coefficient (Wildman–Crippen LogP) is 3.21. The molecule has 1 fully saturated rings. The van der Waals surface area contributed by atoms with Crippen molar-refractivity contribution < 1.29 is 9.59 Å². The van der Waals surface area contributed by atoms with Crippen LogP contribution in [0.25, 0.3) is 22.3 Å². The Balaban J connectivity index is 1.78. The lowest BCUT2D eigenvalue weighted by molar-refractivity contribution is 0.0764. The van der Waals surface area contributed by atoms with Gasteiger partial charge in [0, 0.05) is 37.8 Å². The minimum atomic E-state index is -0.444. The number of rotatable bonds is 3. The molecule has 0 saturated carbocycles. The first-order valence-electron chi connectivity index (χ1n) is 10.6. The number of benzene rings is 1. The maximum absolute atomic E-state index is 13.6. The number of carbonyl (C=O) groups excluding carboxylic acids is 2. The van der Waals surface area contributed by atoms with Crippen LogP contribution in [-0.2, 0) is 0 Å². The van der Waals surface area contributed by atoms with Crippen LogP contribution in [0.1, 0.15) is 42.2 Å². The molecule has 8 nitrogen and oxygen atoms in total. The van der Waals surface area contributed by atoms with Crippen LogP contribution in [0, 0.1) is 6.92 Å². The molecule has 0 radical (unpaired) electrons. The lowest BCUT2D eigenvalue weighted by atomic mass is 10.0. The van der Waals surface area contributed by atoms with Crippen molar-refractivity contribution in [1.82, 2.24) is 24.6 Å². The van der Waals surface area contributed by atoms with Crippen LogP contribution in [0.15, 0.2) is 36.5 Å². The summed E-state index contributed by atoms with van der Waals surface area (Å²) in [5.41, 5.74) is 9.58. The Morgan fingerprint density at radius 3 is 2.39 bits per heavy atom. The van der Waals surface area contributed by atoms with Gasteiger partial charge < -0.3 is 15.5 Å². The first kappa shape index (κ1) is 20.8. The number of primary amides is 1. The van der Waals surface area contributed by atoms with Crippen molar-refractivity contribution in [3.05, 3.63) is 47.7 Å². The van der Waals surface area contributed by atoms with Gasteiger partial charge in [0.2, 0.25) is 0 Å². The molecule has 0 unspecified atom stereocenters. The van der Waals surface area contributed by atoms with E-state index in [1.54, 1.807) is 16.0 Å². The van der Waals surface area contributed by atoms with E-state index >= 15 is 0 Å². The fourth-order valence-electron chi connectivity index (χ4n) is 3.96. The van der Waals surface area contributed by atoms with Crippen LogP contribution in [0.3, 0.4) is 0 Å². The van der Waals surface area contributed by atoms with E-state index < -0.39 is 6.03 Å². The SMILES string of the molecule is Cc1ccc(-c2cc(C(=O)N3CCCN(C(N)=O)CC3)c3cnn(C(C)C)c3n2)cc1. The molecule has 1 aromatic carbocycles. The predicted molar refractivity (Wildman–Crippen MR) is 120 cm³/mol. The van der Waals surface area contributed by atoms with Crippen molar-refractivity contribution in [3.63, 3.8) is 0 Å². The third-order valence-corrected chi connectivity index (χ3v) is 5.73. The zero-order chi connectivity index (χ0) is 22.1. The number of nitrogens with zero attached hydrogens (tertiary/aromatic N) is 5. The Kier molecular flexibility index (Phi) is 5.63. The van der Waals surface area contributed by atoms with Gasteiger partial charge in [-0.2, -0.15) is 5.10 Å². The van der Waals surface area contributed by atoms with E-state index in [1.165, 1.54) is 0 Å². The smallest absolute Gasteiger partial charge is 0.314 e. The van der Waals surface area contributed by atoms with Gasteiger partial charge in [-0.3, -0.25) is 4.79 Å². The summed E-state index contributed by atoms with van der Waals surface area (Å²) in [4.78, 5) is 33.4. The summed E-state index contributed by atoms with van der Waals surface area (Å²) in [7, 11) is 0. The maximum atomic E-state index is 13.6. The van der Waals surface area contributed by atoms with Gasteiger partial charge in [0.25, 0.3) is 5.91 Å². The minimum Gasteiger partial charge on any atom is -0.351 e. The fraction of sp³-hybridized carbons (Fsp3) is 0.391. The highest BCUT2D eigenvalue weighted by molar-refractivity contribution is 6.06. The Morgan fingerprint density at radius 1 is 1.03 bits per heavy atom. The molecule has 3 amide bonds. The quantitative estimate of drug-likeness (QED) is 0.703. The number of nitrogens with two attached hydrogens (primary N) is 1. The van der Waals surface area contributed by atoms with Crippen LogP contribution in [-0.4, -0.2) is 62.7 Å². The summed E-state index contributed by atoms with van der Waals surface area (Å²) in [5, 5.41) is 5.24. The molecule has 4 rings (SSSR count). The van der Waals surface area contributed by atoms with Crippen LogP contribution in [0.4, 0.5) is 4.79 Å². The van der Waals surface area contributed by atoms with E-state index in [1.807, 2.05) is 55.8 Å². The van der Waals surface area contributed by atoms with Gasteiger partial charge >= 0.3 is 6.03 Å². The molecule has 0 spiro atoms. The Morgan fingerprint density at radius 2 is 1.71 bits per heavy atom. The van der Waals surface area contributed by atoms with Gasteiger partial charge in [-0.25, -0.2) is 14.5 Å². The number of fused-ring (bicyclic) bond motifs is 1. The third-order valence-electron chi connectivity index (χ3n) is 5.73. The van der Waals surface area contributed by atoms with E-state index in [4.69, 9.17) is 10.7 Å². The van der Waals surface area contributed by atoms with E-state index in [0.29, 0.717) is 43.8 Å². The van der Waals surface area contributed by atoms with Crippen molar-refractivity contribution in [2.45, 2.75) is 33.2 Å². The first-order valence-corrected chi connectivity index (χ1v) is 10.6. The summed E-state index contributed by atoms with van der Waals surface area (Å²) < 4.78 is 1.85. The summed E-state index contributed by atoms with van der Waals surface area (Å²) in [5.74, 6) is -0.0737. The summed E-state index contributed by atoms with van der Waals surface area (Å²) in [6, 6.07) is 9.64. The molecule has 1 aliphatic rings. The molecule has 162 valence electrons. The van der Waals surface area contributed by atoms with Gasteiger partial charge in [-0.05, 0) is 33.3 Å². The lowest BCUT2D eigenvalue weighted by Crippen LogP contribution is -2.39. The van der Waals surface area contributed by atoms with Gasteiger partial charge in [0.1, 0.15) is 0 Å². The summed E-state index contributed by atoms with van der Waals surface area (Å²) >= 11 is 0. The number of hydrogen-bond acceptors (Lipinski definition) is 4. The largest absolute Gasteiger partial charge is 0.351 e. The number of pyridine rings is 1.